The number of hydrogen-bond acceptors (Lipinski definition) is 3. The van der Waals surface area contributed by atoms with Crippen molar-refractivity contribution in [3.05, 3.63) is 71.3 Å². The third-order valence-electron chi connectivity index (χ3n) is 5.81. The van der Waals surface area contributed by atoms with Crippen molar-refractivity contribution < 1.29 is 9.90 Å². The number of nitrogens with one attached hydrogen (secondary N) is 1. The van der Waals surface area contributed by atoms with Crippen molar-refractivity contribution in [3.8, 4) is 0 Å². The first-order chi connectivity index (χ1) is 13.4. The zero-order valence-corrected chi connectivity index (χ0v) is 17.2. The molecule has 1 aliphatic heterocycles. The summed E-state index contributed by atoms with van der Waals surface area (Å²) in [7, 11) is 0. The minimum atomic E-state index is -1.51. The van der Waals surface area contributed by atoms with E-state index in [9.17, 15) is 9.90 Å². The fourth-order valence-electron chi connectivity index (χ4n) is 3.98. The highest BCUT2D eigenvalue weighted by molar-refractivity contribution is 5.87. The molecule has 1 atom stereocenters. The summed E-state index contributed by atoms with van der Waals surface area (Å²) in [5, 5.41) is 14.4. The Hall–Kier alpha value is -2.17. The second-order valence-electron chi connectivity index (χ2n) is 8.30. The van der Waals surface area contributed by atoms with Crippen LogP contribution in [0.3, 0.4) is 0 Å². The highest BCUT2D eigenvalue weighted by atomic mass is 16.3. The van der Waals surface area contributed by atoms with Crippen LogP contribution >= 0.6 is 0 Å². The van der Waals surface area contributed by atoms with Gasteiger partial charge in [-0.1, -0.05) is 74.0 Å². The summed E-state index contributed by atoms with van der Waals surface area (Å²) in [5.41, 5.74) is 1.52. The van der Waals surface area contributed by atoms with Crippen molar-refractivity contribution in [1.82, 2.24) is 10.2 Å². The second kappa shape index (κ2) is 8.89. The topological polar surface area (TPSA) is 52.6 Å². The second-order valence-corrected chi connectivity index (χ2v) is 8.30. The van der Waals surface area contributed by atoms with Gasteiger partial charge in [0.25, 0.3) is 5.91 Å². The lowest BCUT2D eigenvalue weighted by atomic mass is 9.81. The van der Waals surface area contributed by atoms with E-state index in [4.69, 9.17) is 0 Å². The van der Waals surface area contributed by atoms with Gasteiger partial charge in [-0.05, 0) is 36.8 Å². The van der Waals surface area contributed by atoms with E-state index in [0.717, 1.165) is 38.0 Å². The number of piperidine rings is 1. The van der Waals surface area contributed by atoms with Gasteiger partial charge < -0.3 is 10.4 Å². The van der Waals surface area contributed by atoms with Crippen LogP contribution in [0, 0.1) is 12.8 Å². The smallest absolute Gasteiger partial charge is 0.257 e. The number of benzene rings is 2. The fourth-order valence-corrected chi connectivity index (χ4v) is 3.98. The Balaban J connectivity index is 1.61. The van der Waals surface area contributed by atoms with Gasteiger partial charge >= 0.3 is 0 Å². The maximum absolute atomic E-state index is 13.1. The van der Waals surface area contributed by atoms with Crippen LogP contribution in [-0.4, -0.2) is 35.0 Å². The van der Waals surface area contributed by atoms with Crippen molar-refractivity contribution in [2.45, 2.75) is 51.8 Å². The molecule has 4 nitrogen and oxygen atoms in total. The van der Waals surface area contributed by atoms with Gasteiger partial charge in [-0.15, -0.1) is 0 Å². The van der Waals surface area contributed by atoms with Crippen molar-refractivity contribution >= 4 is 5.91 Å². The molecule has 1 amide bonds. The van der Waals surface area contributed by atoms with E-state index in [2.05, 4.69) is 34.5 Å². The average molecular weight is 381 g/mol. The van der Waals surface area contributed by atoms with Gasteiger partial charge in [-0.2, -0.15) is 0 Å². The lowest BCUT2D eigenvalue weighted by Gasteiger charge is -2.36. The van der Waals surface area contributed by atoms with Crippen LogP contribution in [0.2, 0.25) is 0 Å². The Labute approximate surface area is 168 Å². The summed E-state index contributed by atoms with van der Waals surface area (Å²) >= 11 is 0. The molecule has 2 N–H and O–H groups in total. The van der Waals surface area contributed by atoms with Crippen LogP contribution in [-0.2, 0) is 16.9 Å². The van der Waals surface area contributed by atoms with E-state index < -0.39 is 5.60 Å². The van der Waals surface area contributed by atoms with Gasteiger partial charge in [0.1, 0.15) is 0 Å². The van der Waals surface area contributed by atoms with Crippen molar-refractivity contribution in [3.63, 3.8) is 0 Å². The molecule has 1 fully saturated rings. The number of rotatable bonds is 6. The Morgan fingerprint density at radius 3 is 2.43 bits per heavy atom. The van der Waals surface area contributed by atoms with E-state index in [0.29, 0.717) is 5.56 Å². The molecule has 0 spiro atoms. The normalized spacial score (nSPS) is 18.0. The SMILES string of the molecule is Cc1cccc(C(O)(C(=O)NC2CCN(Cc3ccccc3)CC2)C(C)C)c1. The number of amides is 1. The Kier molecular flexibility index (Phi) is 6.53. The monoisotopic (exact) mass is 380 g/mol. The van der Waals surface area contributed by atoms with Crippen LogP contribution in [0.5, 0.6) is 0 Å². The highest BCUT2D eigenvalue weighted by Crippen LogP contribution is 2.31. The van der Waals surface area contributed by atoms with E-state index in [1.165, 1.54) is 5.56 Å². The Bertz CT molecular complexity index is 782. The van der Waals surface area contributed by atoms with Crippen molar-refractivity contribution in [2.75, 3.05) is 13.1 Å². The van der Waals surface area contributed by atoms with E-state index in [1.54, 1.807) is 0 Å². The summed E-state index contributed by atoms with van der Waals surface area (Å²) in [6.07, 6.45) is 1.81. The molecular weight excluding hydrogens is 348 g/mol. The standard InChI is InChI=1S/C24H32N2O2/c1-18(2)24(28,21-11-7-8-19(3)16-21)23(27)25-22-12-14-26(15-13-22)17-20-9-5-4-6-10-20/h4-11,16,18,22,28H,12-15,17H2,1-3H3,(H,25,27). The lowest BCUT2D eigenvalue weighted by Crippen LogP contribution is -2.53. The van der Waals surface area contributed by atoms with Crippen molar-refractivity contribution in [2.24, 2.45) is 5.92 Å². The first-order valence-electron chi connectivity index (χ1n) is 10.3. The first-order valence-corrected chi connectivity index (χ1v) is 10.3. The number of likely N-dealkylation sites (tertiary alicyclic amines) is 1. The van der Waals surface area contributed by atoms with Gasteiger partial charge in [0.15, 0.2) is 5.60 Å². The molecule has 1 unspecified atom stereocenters. The Morgan fingerprint density at radius 2 is 1.82 bits per heavy atom. The molecule has 1 aliphatic rings. The average Bonchev–Trinajstić information content (AvgIpc) is 2.69. The lowest BCUT2D eigenvalue weighted by molar-refractivity contribution is -0.147. The van der Waals surface area contributed by atoms with Crippen molar-refractivity contribution in [1.29, 1.82) is 0 Å². The maximum atomic E-state index is 13.1. The third kappa shape index (κ3) is 4.62. The molecule has 1 saturated heterocycles. The molecule has 2 aromatic rings. The molecule has 1 heterocycles. The predicted molar refractivity (Wildman–Crippen MR) is 113 cm³/mol. The molecule has 0 aromatic heterocycles. The number of nitrogens with zero attached hydrogens (tertiary/aromatic N) is 1. The van der Waals surface area contributed by atoms with Gasteiger partial charge in [-0.3, -0.25) is 9.69 Å². The van der Waals surface area contributed by atoms with Crippen LogP contribution in [0.15, 0.2) is 54.6 Å². The summed E-state index contributed by atoms with van der Waals surface area (Å²) in [4.78, 5) is 15.5. The zero-order valence-electron chi connectivity index (χ0n) is 17.2. The molecule has 4 heteroatoms. The maximum Gasteiger partial charge on any atom is 0.257 e. The largest absolute Gasteiger partial charge is 0.375 e. The van der Waals surface area contributed by atoms with E-state index in [1.807, 2.05) is 51.1 Å². The summed E-state index contributed by atoms with van der Waals surface area (Å²) in [5.74, 6) is -0.498. The third-order valence-corrected chi connectivity index (χ3v) is 5.81. The van der Waals surface area contributed by atoms with Crippen LogP contribution in [0.4, 0.5) is 0 Å². The molecule has 0 aliphatic carbocycles. The minimum Gasteiger partial charge on any atom is -0.375 e. The van der Waals surface area contributed by atoms with Crippen LogP contribution < -0.4 is 5.32 Å². The van der Waals surface area contributed by atoms with Crippen LogP contribution in [0.1, 0.15) is 43.4 Å². The quantitative estimate of drug-likeness (QED) is 0.805. The molecular formula is C24H32N2O2. The minimum absolute atomic E-state index is 0.106. The summed E-state index contributed by atoms with van der Waals surface area (Å²) in [6, 6.07) is 18.2. The predicted octanol–water partition coefficient (Wildman–Crippen LogP) is 3.62. The summed E-state index contributed by atoms with van der Waals surface area (Å²) in [6.45, 7) is 8.61. The first kappa shape index (κ1) is 20.6. The molecule has 0 bridgehead atoms. The summed E-state index contributed by atoms with van der Waals surface area (Å²) < 4.78 is 0. The zero-order chi connectivity index (χ0) is 20.1. The van der Waals surface area contributed by atoms with E-state index >= 15 is 0 Å². The number of aryl methyl sites for hydroxylation is 1. The molecule has 0 radical (unpaired) electrons. The van der Waals surface area contributed by atoms with Crippen LogP contribution in [0.25, 0.3) is 0 Å². The van der Waals surface area contributed by atoms with Gasteiger partial charge in [-0.25, -0.2) is 0 Å². The number of aliphatic hydroxyl groups is 1. The number of carbonyl (C=O) groups excluding carboxylic acids is 1. The van der Waals surface area contributed by atoms with Gasteiger partial charge in [0.2, 0.25) is 0 Å². The van der Waals surface area contributed by atoms with Gasteiger partial charge in [0.05, 0.1) is 0 Å². The van der Waals surface area contributed by atoms with E-state index in [-0.39, 0.29) is 17.9 Å². The number of carbonyl (C=O) groups is 1. The highest BCUT2D eigenvalue weighted by Gasteiger charge is 2.42. The molecule has 28 heavy (non-hydrogen) atoms. The number of hydrogen-bond donors (Lipinski definition) is 2. The molecule has 2 aromatic carbocycles. The molecule has 3 rings (SSSR count). The van der Waals surface area contributed by atoms with Gasteiger partial charge in [0, 0.05) is 25.7 Å². The Morgan fingerprint density at radius 1 is 1.14 bits per heavy atom. The fraction of sp³-hybridized carbons (Fsp3) is 0.458. The molecule has 150 valence electrons. The molecule has 0 saturated carbocycles.